The molecule has 0 bridgehead atoms. The molecular formula is C17H34N2. The van der Waals surface area contributed by atoms with Gasteiger partial charge in [-0.05, 0) is 50.0 Å². The van der Waals surface area contributed by atoms with Crippen LogP contribution in [-0.4, -0.2) is 25.7 Å². The summed E-state index contributed by atoms with van der Waals surface area (Å²) in [5.74, 6) is 0.843. The van der Waals surface area contributed by atoms with Gasteiger partial charge in [0.2, 0.25) is 0 Å². The van der Waals surface area contributed by atoms with Gasteiger partial charge in [0.25, 0.3) is 0 Å². The van der Waals surface area contributed by atoms with Crippen molar-refractivity contribution in [3.05, 3.63) is 0 Å². The number of nitrogens with one attached hydrogen (secondary N) is 2. The molecule has 0 aromatic carbocycles. The van der Waals surface area contributed by atoms with Crippen LogP contribution in [0.15, 0.2) is 0 Å². The summed E-state index contributed by atoms with van der Waals surface area (Å²) in [6.07, 6.45) is 12.8. The van der Waals surface area contributed by atoms with E-state index < -0.39 is 0 Å². The fourth-order valence-electron chi connectivity index (χ4n) is 4.23. The Bertz CT molecular complexity index is 236. The van der Waals surface area contributed by atoms with Crippen LogP contribution in [0.1, 0.15) is 71.6 Å². The van der Waals surface area contributed by atoms with Crippen LogP contribution in [0.4, 0.5) is 0 Å². The van der Waals surface area contributed by atoms with E-state index in [0.29, 0.717) is 5.41 Å². The van der Waals surface area contributed by atoms with Crippen molar-refractivity contribution in [1.29, 1.82) is 0 Å². The second kappa shape index (κ2) is 7.64. The summed E-state index contributed by atoms with van der Waals surface area (Å²) in [5, 5.41) is 7.51. The van der Waals surface area contributed by atoms with Crippen molar-refractivity contribution in [1.82, 2.24) is 10.6 Å². The van der Waals surface area contributed by atoms with Crippen LogP contribution < -0.4 is 10.6 Å². The minimum atomic E-state index is 0.624. The third-order valence-corrected chi connectivity index (χ3v) is 5.06. The van der Waals surface area contributed by atoms with Crippen molar-refractivity contribution in [3.63, 3.8) is 0 Å². The lowest BCUT2D eigenvalue weighted by Crippen LogP contribution is -2.42. The molecule has 0 aromatic rings. The monoisotopic (exact) mass is 266 g/mol. The van der Waals surface area contributed by atoms with E-state index in [1.165, 1.54) is 77.4 Å². The van der Waals surface area contributed by atoms with Crippen LogP contribution in [0.25, 0.3) is 0 Å². The zero-order valence-electron chi connectivity index (χ0n) is 13.1. The number of hydrogen-bond donors (Lipinski definition) is 2. The van der Waals surface area contributed by atoms with Crippen molar-refractivity contribution in [2.45, 2.75) is 77.7 Å². The van der Waals surface area contributed by atoms with Gasteiger partial charge in [-0.2, -0.15) is 0 Å². The van der Waals surface area contributed by atoms with Gasteiger partial charge in [0, 0.05) is 19.1 Å². The molecule has 112 valence electrons. The summed E-state index contributed by atoms with van der Waals surface area (Å²) in [6, 6.07) is 0.722. The van der Waals surface area contributed by atoms with E-state index in [1.807, 2.05) is 0 Å². The first kappa shape index (κ1) is 15.3. The van der Waals surface area contributed by atoms with Crippen LogP contribution in [0.3, 0.4) is 0 Å². The lowest BCUT2D eigenvalue weighted by Gasteiger charge is -2.32. The van der Waals surface area contributed by atoms with Gasteiger partial charge in [-0.15, -0.1) is 0 Å². The maximum atomic E-state index is 3.81. The molecule has 1 atom stereocenters. The smallest absolute Gasteiger partial charge is 0.0192 e. The quantitative estimate of drug-likeness (QED) is 0.766. The highest BCUT2D eigenvalue weighted by molar-refractivity contribution is 4.88. The van der Waals surface area contributed by atoms with Gasteiger partial charge >= 0.3 is 0 Å². The Labute approximate surface area is 120 Å². The van der Waals surface area contributed by atoms with Crippen LogP contribution in [-0.2, 0) is 0 Å². The molecule has 0 radical (unpaired) electrons. The fraction of sp³-hybridized carbons (Fsp3) is 1.00. The summed E-state index contributed by atoms with van der Waals surface area (Å²) < 4.78 is 0. The maximum Gasteiger partial charge on any atom is 0.0192 e. The van der Waals surface area contributed by atoms with E-state index in [2.05, 4.69) is 24.5 Å². The third kappa shape index (κ3) is 5.07. The third-order valence-electron chi connectivity index (χ3n) is 5.06. The second-order valence-electron chi connectivity index (χ2n) is 7.44. The van der Waals surface area contributed by atoms with Crippen molar-refractivity contribution in [3.8, 4) is 0 Å². The molecular weight excluding hydrogens is 232 g/mol. The molecule has 1 unspecified atom stereocenters. The SMILES string of the molecule is CC(C)CC1(CNCC2CCCCCN2)CCCC1. The van der Waals surface area contributed by atoms with Crippen molar-refractivity contribution in [2.24, 2.45) is 11.3 Å². The Morgan fingerprint density at radius 2 is 1.89 bits per heavy atom. The summed E-state index contributed by atoms with van der Waals surface area (Å²) in [4.78, 5) is 0. The molecule has 2 rings (SSSR count). The van der Waals surface area contributed by atoms with Gasteiger partial charge in [-0.25, -0.2) is 0 Å². The van der Waals surface area contributed by atoms with E-state index >= 15 is 0 Å². The predicted molar refractivity (Wildman–Crippen MR) is 83.5 cm³/mol. The van der Waals surface area contributed by atoms with Crippen LogP contribution >= 0.6 is 0 Å². The molecule has 1 aliphatic heterocycles. The molecule has 0 spiro atoms. The molecule has 1 aliphatic carbocycles. The van der Waals surface area contributed by atoms with E-state index in [-0.39, 0.29) is 0 Å². The van der Waals surface area contributed by atoms with Gasteiger partial charge in [0.15, 0.2) is 0 Å². The summed E-state index contributed by atoms with van der Waals surface area (Å²) in [7, 11) is 0. The molecule has 0 amide bonds. The normalized spacial score (nSPS) is 27.6. The van der Waals surface area contributed by atoms with Gasteiger partial charge in [0.05, 0.1) is 0 Å². The van der Waals surface area contributed by atoms with E-state index in [0.717, 1.165) is 12.0 Å². The highest BCUT2D eigenvalue weighted by Gasteiger charge is 2.33. The second-order valence-corrected chi connectivity index (χ2v) is 7.44. The molecule has 0 aromatic heterocycles. The lowest BCUT2D eigenvalue weighted by atomic mass is 9.78. The van der Waals surface area contributed by atoms with Crippen LogP contribution in [0.5, 0.6) is 0 Å². The molecule has 1 heterocycles. The Kier molecular flexibility index (Phi) is 6.15. The van der Waals surface area contributed by atoms with Gasteiger partial charge < -0.3 is 10.6 Å². The van der Waals surface area contributed by atoms with Crippen LogP contribution in [0.2, 0.25) is 0 Å². The molecule has 19 heavy (non-hydrogen) atoms. The zero-order chi connectivity index (χ0) is 13.6. The molecule has 2 heteroatoms. The lowest BCUT2D eigenvalue weighted by molar-refractivity contribution is 0.221. The van der Waals surface area contributed by atoms with E-state index in [9.17, 15) is 0 Å². The molecule has 1 saturated carbocycles. The Hall–Kier alpha value is -0.0800. The largest absolute Gasteiger partial charge is 0.315 e. The Morgan fingerprint density at radius 1 is 1.11 bits per heavy atom. The van der Waals surface area contributed by atoms with Gasteiger partial charge in [0.1, 0.15) is 0 Å². The van der Waals surface area contributed by atoms with Gasteiger partial charge in [-0.3, -0.25) is 0 Å². The minimum absolute atomic E-state index is 0.624. The highest BCUT2D eigenvalue weighted by Crippen LogP contribution is 2.42. The van der Waals surface area contributed by atoms with Crippen molar-refractivity contribution < 1.29 is 0 Å². The minimum Gasteiger partial charge on any atom is -0.315 e. The topological polar surface area (TPSA) is 24.1 Å². The summed E-state index contributed by atoms with van der Waals surface area (Å²) >= 11 is 0. The molecule has 1 saturated heterocycles. The summed E-state index contributed by atoms with van der Waals surface area (Å²) in [6.45, 7) is 8.42. The standard InChI is InChI=1S/C17H34N2/c1-15(2)12-17(9-5-6-10-17)14-18-13-16-8-4-3-7-11-19-16/h15-16,18-19H,3-14H2,1-2H3. The first-order chi connectivity index (χ1) is 9.20. The van der Waals surface area contributed by atoms with Crippen molar-refractivity contribution >= 4 is 0 Å². The van der Waals surface area contributed by atoms with Gasteiger partial charge in [-0.1, -0.05) is 39.5 Å². The predicted octanol–water partition coefficient (Wildman–Crippen LogP) is 3.71. The number of rotatable bonds is 6. The Balaban J connectivity index is 1.72. The molecule has 2 nitrogen and oxygen atoms in total. The average Bonchev–Trinajstić information content (AvgIpc) is 2.65. The van der Waals surface area contributed by atoms with E-state index in [4.69, 9.17) is 0 Å². The molecule has 2 N–H and O–H groups in total. The number of hydrogen-bond acceptors (Lipinski definition) is 2. The fourth-order valence-corrected chi connectivity index (χ4v) is 4.23. The first-order valence-corrected chi connectivity index (χ1v) is 8.64. The van der Waals surface area contributed by atoms with Crippen LogP contribution in [0, 0.1) is 11.3 Å². The summed E-state index contributed by atoms with van der Waals surface area (Å²) in [5.41, 5.74) is 0.624. The molecule has 2 aliphatic rings. The zero-order valence-corrected chi connectivity index (χ0v) is 13.1. The first-order valence-electron chi connectivity index (χ1n) is 8.64. The maximum absolute atomic E-state index is 3.81. The van der Waals surface area contributed by atoms with Crippen molar-refractivity contribution in [2.75, 3.05) is 19.6 Å². The average molecular weight is 266 g/mol. The van der Waals surface area contributed by atoms with E-state index in [1.54, 1.807) is 0 Å². The Morgan fingerprint density at radius 3 is 2.63 bits per heavy atom. The molecule has 2 fully saturated rings. The highest BCUT2D eigenvalue weighted by atomic mass is 15.0.